The molecule has 0 aliphatic heterocycles. The van der Waals surface area contributed by atoms with Crippen LogP contribution >= 0.6 is 67.8 Å². The van der Waals surface area contributed by atoms with Crippen molar-refractivity contribution in [3.63, 3.8) is 0 Å². The minimum atomic E-state index is -1.14. The van der Waals surface area contributed by atoms with Crippen molar-refractivity contribution in [2.45, 2.75) is 20.8 Å². The zero-order chi connectivity index (χ0) is 36.6. The van der Waals surface area contributed by atoms with Gasteiger partial charge >= 0.3 is 11.9 Å². The molecule has 0 fully saturated rings. The number of anilines is 2. The molecule has 16 heteroatoms. The molecule has 3 aromatic heterocycles. The highest BCUT2D eigenvalue weighted by atomic mass is 127. The number of amides is 2. The van der Waals surface area contributed by atoms with Crippen LogP contribution in [0.2, 0.25) is 0 Å². The first-order chi connectivity index (χ1) is 23.0. The Balaban J connectivity index is 0.000000214. The third-order valence-electron chi connectivity index (χ3n) is 5.96. The predicted molar refractivity (Wildman–Crippen MR) is 203 cm³/mol. The summed E-state index contributed by atoms with van der Waals surface area (Å²) in [6.45, 7) is 3.79. The molecule has 252 valence electrons. The Hall–Kier alpha value is -4.23. The second-order valence-electron chi connectivity index (χ2n) is 9.53. The summed E-state index contributed by atoms with van der Waals surface area (Å²) in [5.74, 6) is -0.207. The average Bonchev–Trinajstić information content (AvgIpc) is 3.39. The molecule has 3 N–H and O–H groups in total. The van der Waals surface area contributed by atoms with Gasteiger partial charge in [-0.05, 0) is 128 Å². The lowest BCUT2D eigenvalue weighted by Crippen LogP contribution is -2.34. The molecular formula is C33H23F2I3N4O7. The largest absolute Gasteiger partial charge is 0.478 e. The molecule has 11 nitrogen and oxygen atoms in total. The van der Waals surface area contributed by atoms with E-state index in [0.717, 1.165) is 4.90 Å². The SMILES string of the molecule is C#Cc1ccc(F)cc1.CC(=O)Oc1nc(N(C(C)=O)C(C)=O)c(I)cc1I.Nc1nc2oc(-c3ccc(F)cc3)c(C(=O)O)c2cc1I. The van der Waals surface area contributed by atoms with Crippen molar-refractivity contribution in [3.8, 4) is 29.5 Å². The number of terminal acetylenes is 1. The highest BCUT2D eigenvalue weighted by molar-refractivity contribution is 14.1. The quantitative estimate of drug-likeness (QED) is 0.105. The van der Waals surface area contributed by atoms with Crippen LogP contribution in [0.15, 0.2) is 65.1 Å². The van der Waals surface area contributed by atoms with Gasteiger partial charge in [0.05, 0.1) is 16.1 Å². The van der Waals surface area contributed by atoms with Crippen LogP contribution < -0.4 is 15.4 Å². The van der Waals surface area contributed by atoms with Crippen LogP contribution in [-0.4, -0.2) is 38.8 Å². The number of imide groups is 1. The van der Waals surface area contributed by atoms with Gasteiger partial charge in [-0.1, -0.05) is 5.92 Å². The molecule has 0 unspecified atom stereocenters. The Kier molecular flexibility index (Phi) is 14.0. The summed E-state index contributed by atoms with van der Waals surface area (Å²) < 4.78 is 37.5. The number of pyridine rings is 2. The van der Waals surface area contributed by atoms with E-state index >= 15 is 0 Å². The van der Waals surface area contributed by atoms with E-state index in [9.17, 15) is 33.1 Å². The number of hydrogen-bond donors (Lipinski definition) is 2. The number of carbonyl (C=O) groups is 4. The number of furan rings is 1. The Morgan fingerprint density at radius 3 is 1.92 bits per heavy atom. The van der Waals surface area contributed by atoms with Crippen molar-refractivity contribution in [2.24, 2.45) is 0 Å². The third-order valence-corrected chi connectivity index (χ3v) is 8.39. The first-order valence-corrected chi connectivity index (χ1v) is 16.7. The molecule has 3 heterocycles. The summed E-state index contributed by atoms with van der Waals surface area (Å²) >= 11 is 5.89. The van der Waals surface area contributed by atoms with E-state index in [-0.39, 0.29) is 40.4 Å². The molecule has 2 aromatic carbocycles. The van der Waals surface area contributed by atoms with Crippen molar-refractivity contribution in [2.75, 3.05) is 10.6 Å². The molecule has 0 atom stereocenters. The Morgan fingerprint density at radius 1 is 0.878 bits per heavy atom. The van der Waals surface area contributed by atoms with Gasteiger partial charge in [-0.15, -0.1) is 6.42 Å². The number of fused-ring (bicyclic) bond motifs is 1. The van der Waals surface area contributed by atoms with E-state index in [0.29, 0.717) is 27.2 Å². The smallest absolute Gasteiger partial charge is 0.340 e. The minimum Gasteiger partial charge on any atom is -0.478 e. The van der Waals surface area contributed by atoms with Crippen LogP contribution in [0.3, 0.4) is 0 Å². The topological polar surface area (TPSA) is 166 Å². The van der Waals surface area contributed by atoms with Crippen LogP contribution in [0, 0.1) is 34.7 Å². The fourth-order valence-electron chi connectivity index (χ4n) is 3.90. The fraction of sp³-hybridized carbons (Fsp3) is 0.0909. The van der Waals surface area contributed by atoms with E-state index in [2.05, 4.69) is 15.9 Å². The summed E-state index contributed by atoms with van der Waals surface area (Å²) in [5.41, 5.74) is 7.00. The third kappa shape index (κ3) is 10.4. The van der Waals surface area contributed by atoms with Gasteiger partial charge in [-0.25, -0.2) is 18.5 Å². The van der Waals surface area contributed by atoms with Gasteiger partial charge < -0.3 is 20.0 Å². The first-order valence-electron chi connectivity index (χ1n) is 13.5. The summed E-state index contributed by atoms with van der Waals surface area (Å²) in [6.07, 6.45) is 5.03. The van der Waals surface area contributed by atoms with Gasteiger partial charge in [-0.2, -0.15) is 9.97 Å². The molecule has 0 aliphatic carbocycles. The number of nitrogens with zero attached hydrogens (tertiary/aromatic N) is 3. The van der Waals surface area contributed by atoms with Gasteiger partial charge in [0.15, 0.2) is 11.6 Å². The number of benzene rings is 2. The van der Waals surface area contributed by atoms with Crippen LogP contribution in [0.5, 0.6) is 5.88 Å². The van der Waals surface area contributed by atoms with E-state index in [4.69, 9.17) is 21.3 Å². The number of rotatable bonds is 4. The van der Waals surface area contributed by atoms with E-state index in [1.54, 1.807) is 24.3 Å². The van der Waals surface area contributed by atoms with E-state index in [1.807, 2.05) is 67.8 Å². The number of nitrogen functional groups attached to an aromatic ring is 1. The summed E-state index contributed by atoms with van der Waals surface area (Å²) in [7, 11) is 0. The lowest BCUT2D eigenvalue weighted by Gasteiger charge is -2.18. The second-order valence-corrected chi connectivity index (χ2v) is 13.0. The zero-order valence-corrected chi connectivity index (χ0v) is 32.0. The molecule has 0 radical (unpaired) electrons. The van der Waals surface area contributed by atoms with Gasteiger partial charge in [0.1, 0.15) is 23.0 Å². The minimum absolute atomic E-state index is 0.0120. The van der Waals surface area contributed by atoms with Crippen molar-refractivity contribution < 1.29 is 42.2 Å². The van der Waals surface area contributed by atoms with Gasteiger partial charge in [-0.3, -0.25) is 14.4 Å². The number of aromatic nitrogens is 2. The standard InChI is InChI=1S/C14H8FIN2O3.C11H10I2N2O4.C8H5F/c15-7-3-1-6(2-4-7)11-10(14(19)20)8-5-9(16)12(17)18-13(8)21-11;1-5(16)15(6(2)17)10-8(12)4-9(13)11(14-10)19-7(3)18;1-2-7-3-5-8(9)6-4-7/h1-5H,(H2,17,18)(H,19,20);4H,1-3H3;1,3-6H. The second kappa shape index (κ2) is 17.4. The van der Waals surface area contributed by atoms with Gasteiger partial charge in [0, 0.05) is 31.9 Å². The molecule has 0 saturated heterocycles. The number of nitrogens with two attached hydrogens (primary N) is 1. The summed E-state index contributed by atoms with van der Waals surface area (Å²) in [4.78, 5) is 54.6. The van der Waals surface area contributed by atoms with E-state index < -0.39 is 29.6 Å². The summed E-state index contributed by atoms with van der Waals surface area (Å²) in [6, 6.07) is 14.5. The van der Waals surface area contributed by atoms with Crippen LogP contribution in [0.25, 0.3) is 22.4 Å². The Labute approximate surface area is 319 Å². The average molecular weight is 1010 g/mol. The molecule has 49 heavy (non-hydrogen) atoms. The lowest BCUT2D eigenvalue weighted by molar-refractivity contribution is -0.132. The zero-order valence-electron chi connectivity index (χ0n) is 25.6. The molecule has 5 rings (SSSR count). The normalized spacial score (nSPS) is 10.1. The van der Waals surface area contributed by atoms with Crippen LogP contribution in [0.4, 0.5) is 20.4 Å². The molecule has 2 amide bonds. The number of carbonyl (C=O) groups excluding carboxylic acids is 3. The molecule has 0 spiro atoms. The number of aromatic carboxylic acids is 1. The highest BCUT2D eigenvalue weighted by Gasteiger charge is 2.24. The van der Waals surface area contributed by atoms with E-state index in [1.165, 1.54) is 57.2 Å². The maximum Gasteiger partial charge on any atom is 0.340 e. The molecule has 0 bridgehead atoms. The molecule has 0 saturated carbocycles. The molecule has 0 aliphatic rings. The number of esters is 1. The number of carboxylic acids is 1. The van der Waals surface area contributed by atoms with Gasteiger partial charge in [0.25, 0.3) is 0 Å². The monoisotopic (exact) mass is 1010 g/mol. The molecule has 5 aromatic rings. The Morgan fingerprint density at radius 2 is 1.43 bits per heavy atom. The fourth-order valence-corrected chi connectivity index (χ4v) is 6.14. The van der Waals surface area contributed by atoms with Gasteiger partial charge in [0.2, 0.25) is 23.4 Å². The highest BCUT2D eigenvalue weighted by Crippen LogP contribution is 2.35. The first kappa shape index (κ1) is 39.2. The van der Waals surface area contributed by atoms with Crippen LogP contribution in [-0.2, 0) is 14.4 Å². The van der Waals surface area contributed by atoms with Crippen LogP contribution in [0.1, 0.15) is 36.7 Å². The predicted octanol–water partition coefficient (Wildman–Crippen LogP) is 7.44. The number of carboxylic acid groups (broad SMARTS) is 1. The molecular weight excluding hydrogens is 983 g/mol. The van der Waals surface area contributed by atoms with Crippen molar-refractivity contribution in [1.82, 2.24) is 9.97 Å². The number of halogens is 5. The summed E-state index contributed by atoms with van der Waals surface area (Å²) in [5, 5.41) is 9.79. The maximum absolute atomic E-state index is 13.0. The number of hydrogen-bond acceptors (Lipinski definition) is 9. The Bertz CT molecular complexity index is 2090. The maximum atomic E-state index is 13.0. The van der Waals surface area contributed by atoms with Crippen molar-refractivity contribution >= 4 is 114 Å². The van der Waals surface area contributed by atoms with Crippen molar-refractivity contribution in [3.05, 3.63) is 94.1 Å². The lowest BCUT2D eigenvalue weighted by atomic mass is 10.1. The number of ether oxygens (including phenoxy) is 1. The van der Waals surface area contributed by atoms with Crippen molar-refractivity contribution in [1.29, 1.82) is 0 Å².